The third-order valence-corrected chi connectivity index (χ3v) is 5.02. The van der Waals surface area contributed by atoms with Gasteiger partial charge in [-0.25, -0.2) is 4.98 Å². The molecule has 6 heteroatoms. The fraction of sp³-hybridized carbons (Fsp3) is 0.273. The van der Waals surface area contributed by atoms with Gasteiger partial charge in [0.15, 0.2) is 0 Å². The molecule has 0 unspecified atom stereocenters. The van der Waals surface area contributed by atoms with E-state index in [9.17, 15) is 4.79 Å². The molecule has 3 rings (SSSR count). The minimum absolute atomic E-state index is 0.0972. The van der Waals surface area contributed by atoms with Crippen LogP contribution in [0.15, 0.2) is 67.1 Å². The van der Waals surface area contributed by atoms with E-state index in [1.807, 2.05) is 60.2 Å². The minimum Gasteiger partial charge on any atom is -0.337 e. The number of benzene rings is 2. The van der Waals surface area contributed by atoms with Gasteiger partial charge in [0.2, 0.25) is 5.91 Å². The van der Waals surface area contributed by atoms with Crippen LogP contribution < -0.4 is 5.73 Å². The largest absolute Gasteiger partial charge is 0.337 e. The highest BCUT2D eigenvalue weighted by Gasteiger charge is 2.22. The molecule has 0 bridgehead atoms. The van der Waals surface area contributed by atoms with Gasteiger partial charge in [-0.15, -0.1) is 0 Å². The molecule has 1 heterocycles. The van der Waals surface area contributed by atoms with Crippen molar-refractivity contribution in [3.63, 3.8) is 0 Å². The molecule has 0 saturated carbocycles. The number of nitrogens with two attached hydrogens (primary N) is 1. The number of carbonyl (C=O) groups is 1. The molecule has 0 spiro atoms. The fourth-order valence-electron chi connectivity index (χ4n) is 3.12. The Bertz CT molecular complexity index is 910. The lowest BCUT2D eigenvalue weighted by Gasteiger charge is -2.24. The number of amides is 1. The molecule has 5 nitrogen and oxygen atoms in total. The van der Waals surface area contributed by atoms with Gasteiger partial charge in [-0.1, -0.05) is 60.1 Å². The van der Waals surface area contributed by atoms with E-state index in [1.165, 1.54) is 5.56 Å². The SMILES string of the molecule is CCN(Cc1ccccc1Cl)C(=O)[C@@H](N)Cc1cn(Cc2ccccc2)cn1. The number of aromatic nitrogens is 2. The van der Waals surface area contributed by atoms with Gasteiger partial charge in [-0.2, -0.15) is 0 Å². The highest BCUT2D eigenvalue weighted by atomic mass is 35.5. The van der Waals surface area contributed by atoms with Gasteiger partial charge < -0.3 is 15.2 Å². The summed E-state index contributed by atoms with van der Waals surface area (Å²) < 4.78 is 2.00. The normalized spacial score (nSPS) is 12.0. The van der Waals surface area contributed by atoms with E-state index >= 15 is 0 Å². The number of hydrogen-bond acceptors (Lipinski definition) is 3. The molecular formula is C22H25ClN4O. The molecular weight excluding hydrogens is 372 g/mol. The Hall–Kier alpha value is -2.63. The summed E-state index contributed by atoms with van der Waals surface area (Å²) in [4.78, 5) is 19.0. The van der Waals surface area contributed by atoms with Gasteiger partial charge in [-0.3, -0.25) is 4.79 Å². The highest BCUT2D eigenvalue weighted by Crippen LogP contribution is 2.17. The van der Waals surface area contributed by atoms with E-state index in [2.05, 4.69) is 17.1 Å². The van der Waals surface area contributed by atoms with E-state index in [0.717, 1.165) is 17.8 Å². The topological polar surface area (TPSA) is 64.2 Å². The van der Waals surface area contributed by atoms with Gasteiger partial charge in [0, 0.05) is 37.3 Å². The average molecular weight is 397 g/mol. The van der Waals surface area contributed by atoms with Crippen LogP contribution in [0.3, 0.4) is 0 Å². The molecule has 0 aliphatic heterocycles. The van der Waals surface area contributed by atoms with Crippen LogP contribution in [0, 0.1) is 0 Å². The monoisotopic (exact) mass is 396 g/mol. The number of carbonyl (C=O) groups excluding carboxylic acids is 1. The first-order valence-corrected chi connectivity index (χ1v) is 9.77. The molecule has 2 N–H and O–H groups in total. The first-order chi connectivity index (χ1) is 13.6. The Labute approximate surface area is 170 Å². The summed E-state index contributed by atoms with van der Waals surface area (Å²) in [6.07, 6.45) is 4.13. The van der Waals surface area contributed by atoms with Crippen LogP contribution in [-0.2, 0) is 24.3 Å². The van der Waals surface area contributed by atoms with Crippen LogP contribution in [0.1, 0.15) is 23.7 Å². The third kappa shape index (κ3) is 5.21. The van der Waals surface area contributed by atoms with E-state index in [1.54, 1.807) is 11.2 Å². The zero-order valence-electron chi connectivity index (χ0n) is 16.0. The maximum absolute atomic E-state index is 12.8. The minimum atomic E-state index is -0.637. The molecule has 28 heavy (non-hydrogen) atoms. The number of hydrogen-bond donors (Lipinski definition) is 1. The van der Waals surface area contributed by atoms with Crippen molar-refractivity contribution in [1.82, 2.24) is 14.5 Å². The predicted octanol–water partition coefficient (Wildman–Crippen LogP) is 3.50. The number of likely N-dealkylation sites (N-methyl/N-ethyl adjacent to an activating group) is 1. The van der Waals surface area contributed by atoms with Crippen molar-refractivity contribution in [3.05, 3.63) is 89.0 Å². The average Bonchev–Trinajstić information content (AvgIpc) is 3.14. The Balaban J connectivity index is 1.61. The van der Waals surface area contributed by atoms with Crippen LogP contribution in [0.2, 0.25) is 5.02 Å². The third-order valence-electron chi connectivity index (χ3n) is 4.65. The van der Waals surface area contributed by atoms with E-state index in [4.69, 9.17) is 17.3 Å². The second-order valence-corrected chi connectivity index (χ2v) is 7.18. The second-order valence-electron chi connectivity index (χ2n) is 6.78. The summed E-state index contributed by atoms with van der Waals surface area (Å²) in [5.41, 5.74) is 9.13. The van der Waals surface area contributed by atoms with Gasteiger partial charge in [0.05, 0.1) is 18.1 Å². The molecule has 1 atom stereocenters. The van der Waals surface area contributed by atoms with Crippen molar-refractivity contribution in [2.45, 2.75) is 32.5 Å². The van der Waals surface area contributed by atoms with Crippen LogP contribution in [0.25, 0.3) is 0 Å². The Morgan fingerprint density at radius 2 is 1.89 bits per heavy atom. The first-order valence-electron chi connectivity index (χ1n) is 9.39. The maximum Gasteiger partial charge on any atom is 0.240 e. The van der Waals surface area contributed by atoms with Crippen molar-refractivity contribution in [2.75, 3.05) is 6.54 Å². The Morgan fingerprint density at radius 3 is 2.61 bits per heavy atom. The molecule has 0 radical (unpaired) electrons. The number of imidazole rings is 1. The summed E-state index contributed by atoms with van der Waals surface area (Å²) in [5.74, 6) is -0.0972. The molecule has 1 amide bonds. The molecule has 1 aromatic heterocycles. The van der Waals surface area contributed by atoms with E-state index in [0.29, 0.717) is 24.5 Å². The summed E-state index contributed by atoms with van der Waals surface area (Å²) >= 11 is 6.23. The van der Waals surface area contributed by atoms with Crippen molar-refractivity contribution < 1.29 is 4.79 Å². The second kappa shape index (κ2) is 9.53. The van der Waals surface area contributed by atoms with Gasteiger partial charge in [-0.05, 0) is 24.1 Å². The van der Waals surface area contributed by atoms with Gasteiger partial charge >= 0.3 is 0 Å². The Kier molecular flexibility index (Phi) is 6.85. The van der Waals surface area contributed by atoms with E-state index < -0.39 is 6.04 Å². The lowest BCUT2D eigenvalue weighted by Crippen LogP contribution is -2.44. The zero-order valence-corrected chi connectivity index (χ0v) is 16.7. The highest BCUT2D eigenvalue weighted by molar-refractivity contribution is 6.31. The summed E-state index contributed by atoms with van der Waals surface area (Å²) in [7, 11) is 0. The van der Waals surface area contributed by atoms with E-state index in [-0.39, 0.29) is 5.91 Å². The lowest BCUT2D eigenvalue weighted by molar-refractivity contribution is -0.133. The Morgan fingerprint density at radius 1 is 1.18 bits per heavy atom. The zero-order chi connectivity index (χ0) is 19.9. The van der Waals surface area contributed by atoms with Crippen LogP contribution in [-0.4, -0.2) is 32.9 Å². The first kappa shape index (κ1) is 20.1. The number of rotatable bonds is 8. The molecule has 0 aliphatic carbocycles. The quantitative estimate of drug-likeness (QED) is 0.633. The maximum atomic E-state index is 12.8. The van der Waals surface area contributed by atoms with Crippen LogP contribution in [0.4, 0.5) is 0 Å². The molecule has 2 aromatic carbocycles. The van der Waals surface area contributed by atoms with Crippen molar-refractivity contribution in [2.24, 2.45) is 5.73 Å². The summed E-state index contributed by atoms with van der Waals surface area (Å²) in [5, 5.41) is 0.655. The molecule has 3 aromatic rings. The summed E-state index contributed by atoms with van der Waals surface area (Å²) in [6, 6.07) is 17.1. The van der Waals surface area contributed by atoms with Gasteiger partial charge in [0.25, 0.3) is 0 Å². The van der Waals surface area contributed by atoms with Gasteiger partial charge in [0.1, 0.15) is 0 Å². The number of nitrogens with zero attached hydrogens (tertiary/aromatic N) is 3. The molecule has 0 fully saturated rings. The number of halogens is 1. The van der Waals surface area contributed by atoms with Crippen LogP contribution in [0.5, 0.6) is 0 Å². The fourth-order valence-corrected chi connectivity index (χ4v) is 3.31. The molecule has 0 saturated heterocycles. The van der Waals surface area contributed by atoms with Crippen LogP contribution >= 0.6 is 11.6 Å². The van der Waals surface area contributed by atoms with Crippen molar-refractivity contribution >= 4 is 17.5 Å². The molecule has 0 aliphatic rings. The predicted molar refractivity (Wildman–Crippen MR) is 112 cm³/mol. The van der Waals surface area contributed by atoms with Crippen molar-refractivity contribution in [1.29, 1.82) is 0 Å². The smallest absolute Gasteiger partial charge is 0.240 e. The van der Waals surface area contributed by atoms with Crippen molar-refractivity contribution in [3.8, 4) is 0 Å². The molecule has 146 valence electrons. The standard InChI is InChI=1S/C22H25ClN4O/c1-2-27(14-18-10-6-7-11-20(18)23)22(28)21(24)12-19-15-26(16-25-19)13-17-8-4-3-5-9-17/h3-11,15-16,21H,2,12-14,24H2,1H3/t21-/m0/s1. The summed E-state index contributed by atoms with van der Waals surface area (Å²) in [6.45, 7) is 3.70. The lowest BCUT2D eigenvalue weighted by atomic mass is 10.1.